The molecule has 0 saturated heterocycles. The van der Waals surface area contributed by atoms with E-state index in [1.807, 2.05) is 26.0 Å². The smallest absolute Gasteiger partial charge is 0.328 e. The summed E-state index contributed by atoms with van der Waals surface area (Å²) in [6.07, 6.45) is 0.462. The summed E-state index contributed by atoms with van der Waals surface area (Å²) in [5, 5.41) is 2.65. The van der Waals surface area contributed by atoms with E-state index >= 15 is 0 Å². The van der Waals surface area contributed by atoms with Gasteiger partial charge < -0.3 is 15.8 Å². The van der Waals surface area contributed by atoms with Gasteiger partial charge in [-0.25, -0.2) is 4.79 Å². The number of rotatable bonds is 4. The number of nitrogens with one attached hydrogen (secondary N) is 1. The van der Waals surface area contributed by atoms with Crippen molar-refractivity contribution in [2.24, 2.45) is 0 Å². The van der Waals surface area contributed by atoms with Gasteiger partial charge in [0, 0.05) is 22.4 Å². The Hall–Kier alpha value is -3.52. The van der Waals surface area contributed by atoms with Gasteiger partial charge in [-0.1, -0.05) is 32.6 Å². The van der Waals surface area contributed by atoms with E-state index in [4.69, 9.17) is 5.73 Å². The predicted molar refractivity (Wildman–Crippen MR) is 119 cm³/mol. The van der Waals surface area contributed by atoms with Gasteiger partial charge in [0.15, 0.2) is 0 Å². The molecule has 5 heteroatoms. The zero-order valence-electron chi connectivity index (χ0n) is 17.6. The first-order chi connectivity index (χ1) is 14.0. The van der Waals surface area contributed by atoms with Crippen LogP contribution >= 0.6 is 0 Å². The first-order valence-corrected chi connectivity index (χ1v) is 9.39. The molecule has 0 aliphatic carbocycles. The van der Waals surface area contributed by atoms with Crippen LogP contribution in [0, 0.1) is 11.8 Å². The van der Waals surface area contributed by atoms with Crippen molar-refractivity contribution in [1.82, 2.24) is 5.32 Å². The average molecular weight is 395 g/mol. The molecule has 0 aliphatic heterocycles. The van der Waals surface area contributed by atoms with Crippen molar-refractivity contribution in [3.63, 3.8) is 0 Å². The number of hydrogen-bond donors (Lipinski definition) is 2. The standard InChI is InChI=1S/C20H20N2O3.C2H6.C2H4/c1-3-18(20(24)25-2)22-19(23)16-10-6-14(7-11-16)4-5-15-8-12-17(21)13-9-15;2*1-2/h6-13,18H,3,21H2,1-2H3,(H,22,23);1-2H3;1-2H2. The zero-order chi connectivity index (χ0) is 22.2. The molecule has 0 saturated carbocycles. The normalized spacial score (nSPS) is 9.79. The summed E-state index contributed by atoms with van der Waals surface area (Å²) < 4.78 is 4.66. The van der Waals surface area contributed by atoms with Crippen molar-refractivity contribution < 1.29 is 14.3 Å². The largest absolute Gasteiger partial charge is 0.467 e. The quantitative estimate of drug-likeness (QED) is 0.353. The lowest BCUT2D eigenvalue weighted by atomic mass is 10.1. The maximum atomic E-state index is 12.2. The number of amides is 1. The van der Waals surface area contributed by atoms with E-state index in [0.717, 1.165) is 11.1 Å². The van der Waals surface area contributed by atoms with Gasteiger partial charge in [-0.2, -0.15) is 0 Å². The summed E-state index contributed by atoms with van der Waals surface area (Å²) in [4.78, 5) is 23.7. The van der Waals surface area contributed by atoms with E-state index in [1.54, 1.807) is 43.3 Å². The number of carbonyl (C=O) groups excluding carboxylic acids is 2. The van der Waals surface area contributed by atoms with Gasteiger partial charge in [0.2, 0.25) is 0 Å². The molecular formula is C24H30N2O3. The van der Waals surface area contributed by atoms with E-state index in [-0.39, 0.29) is 5.91 Å². The Morgan fingerprint density at radius 1 is 1.00 bits per heavy atom. The molecule has 1 amide bonds. The molecule has 29 heavy (non-hydrogen) atoms. The molecule has 0 aromatic heterocycles. The maximum absolute atomic E-state index is 12.2. The second kappa shape index (κ2) is 14.5. The topological polar surface area (TPSA) is 81.4 Å². The summed E-state index contributed by atoms with van der Waals surface area (Å²) in [5.74, 6) is 5.28. The molecule has 154 valence electrons. The van der Waals surface area contributed by atoms with Crippen LogP contribution in [-0.2, 0) is 9.53 Å². The molecular weight excluding hydrogens is 364 g/mol. The number of nitrogen functional groups attached to an aromatic ring is 1. The third-order valence-corrected chi connectivity index (χ3v) is 3.61. The van der Waals surface area contributed by atoms with Crippen molar-refractivity contribution >= 4 is 17.6 Å². The van der Waals surface area contributed by atoms with Crippen molar-refractivity contribution in [1.29, 1.82) is 0 Å². The summed E-state index contributed by atoms with van der Waals surface area (Å²) in [5.41, 5.74) is 8.43. The lowest BCUT2D eigenvalue weighted by Crippen LogP contribution is -2.41. The van der Waals surface area contributed by atoms with Crippen LogP contribution < -0.4 is 11.1 Å². The summed E-state index contributed by atoms with van der Waals surface area (Å²) in [7, 11) is 1.30. The third-order valence-electron chi connectivity index (χ3n) is 3.61. The van der Waals surface area contributed by atoms with Crippen LogP contribution in [-0.4, -0.2) is 25.0 Å². The Morgan fingerprint density at radius 3 is 1.86 bits per heavy atom. The Kier molecular flexibility index (Phi) is 12.8. The van der Waals surface area contributed by atoms with Gasteiger partial charge >= 0.3 is 5.97 Å². The Balaban J connectivity index is 0.00000184. The number of hydrogen-bond acceptors (Lipinski definition) is 4. The van der Waals surface area contributed by atoms with Gasteiger partial charge in [0.05, 0.1) is 7.11 Å². The lowest BCUT2D eigenvalue weighted by molar-refractivity contribution is -0.142. The Bertz CT molecular complexity index is 816. The van der Waals surface area contributed by atoms with Crippen molar-refractivity contribution in [3.05, 3.63) is 78.4 Å². The van der Waals surface area contributed by atoms with Crippen molar-refractivity contribution in [2.45, 2.75) is 33.2 Å². The molecule has 1 unspecified atom stereocenters. The van der Waals surface area contributed by atoms with Crippen LogP contribution in [0.2, 0.25) is 0 Å². The van der Waals surface area contributed by atoms with E-state index in [2.05, 4.69) is 35.1 Å². The molecule has 1 atom stereocenters. The highest BCUT2D eigenvalue weighted by Gasteiger charge is 2.19. The number of carbonyl (C=O) groups is 2. The van der Waals surface area contributed by atoms with Crippen LogP contribution in [0.4, 0.5) is 5.69 Å². The minimum atomic E-state index is -0.650. The van der Waals surface area contributed by atoms with Gasteiger partial charge in [-0.05, 0) is 55.0 Å². The highest BCUT2D eigenvalue weighted by atomic mass is 16.5. The van der Waals surface area contributed by atoms with Gasteiger partial charge in [0.25, 0.3) is 5.91 Å². The molecule has 2 aromatic carbocycles. The number of benzene rings is 2. The minimum absolute atomic E-state index is 0.324. The number of ether oxygens (including phenoxy) is 1. The minimum Gasteiger partial charge on any atom is -0.467 e. The van der Waals surface area contributed by atoms with Crippen LogP contribution in [0.25, 0.3) is 0 Å². The molecule has 0 heterocycles. The highest BCUT2D eigenvalue weighted by molar-refractivity contribution is 5.96. The highest BCUT2D eigenvalue weighted by Crippen LogP contribution is 2.07. The molecule has 5 nitrogen and oxygen atoms in total. The van der Waals surface area contributed by atoms with Crippen LogP contribution in [0.15, 0.2) is 61.7 Å². The average Bonchev–Trinajstić information content (AvgIpc) is 2.79. The molecule has 2 rings (SSSR count). The van der Waals surface area contributed by atoms with E-state index in [0.29, 0.717) is 17.7 Å². The third kappa shape index (κ3) is 8.81. The second-order valence-corrected chi connectivity index (χ2v) is 5.41. The van der Waals surface area contributed by atoms with E-state index in [1.165, 1.54) is 7.11 Å². The van der Waals surface area contributed by atoms with Crippen LogP contribution in [0.5, 0.6) is 0 Å². The number of anilines is 1. The van der Waals surface area contributed by atoms with Gasteiger partial charge in [0.1, 0.15) is 6.04 Å². The molecule has 0 fully saturated rings. The van der Waals surface area contributed by atoms with E-state index < -0.39 is 12.0 Å². The fourth-order valence-corrected chi connectivity index (χ4v) is 2.13. The maximum Gasteiger partial charge on any atom is 0.328 e. The lowest BCUT2D eigenvalue weighted by Gasteiger charge is -2.14. The summed E-state index contributed by atoms with van der Waals surface area (Å²) >= 11 is 0. The van der Waals surface area contributed by atoms with Gasteiger partial charge in [-0.3, -0.25) is 4.79 Å². The fraction of sp³-hybridized carbons (Fsp3) is 0.250. The molecule has 0 aliphatic rings. The molecule has 0 radical (unpaired) electrons. The number of nitrogens with two attached hydrogens (primary N) is 1. The second-order valence-electron chi connectivity index (χ2n) is 5.41. The zero-order valence-corrected chi connectivity index (χ0v) is 17.6. The Labute approximate surface area is 174 Å². The van der Waals surface area contributed by atoms with Crippen LogP contribution in [0.3, 0.4) is 0 Å². The molecule has 0 spiro atoms. The SMILES string of the molecule is C=C.CC.CCC(NC(=O)c1ccc(C#Cc2ccc(N)cc2)cc1)C(=O)OC. The van der Waals surface area contributed by atoms with Gasteiger partial charge in [-0.15, -0.1) is 13.2 Å². The fourth-order valence-electron chi connectivity index (χ4n) is 2.13. The van der Waals surface area contributed by atoms with Crippen molar-refractivity contribution in [3.8, 4) is 11.8 Å². The first-order valence-electron chi connectivity index (χ1n) is 9.39. The van der Waals surface area contributed by atoms with Crippen LogP contribution in [0.1, 0.15) is 48.7 Å². The Morgan fingerprint density at radius 2 is 1.45 bits per heavy atom. The molecule has 3 N–H and O–H groups in total. The number of esters is 1. The van der Waals surface area contributed by atoms with Crippen molar-refractivity contribution in [2.75, 3.05) is 12.8 Å². The molecule has 0 bridgehead atoms. The predicted octanol–water partition coefficient (Wildman–Crippen LogP) is 4.18. The first kappa shape index (κ1) is 25.5. The summed E-state index contributed by atoms with van der Waals surface area (Å²) in [6.45, 7) is 11.8. The van der Waals surface area contributed by atoms with E-state index in [9.17, 15) is 9.59 Å². The summed E-state index contributed by atoms with van der Waals surface area (Å²) in [6, 6.07) is 13.5. The molecule has 2 aromatic rings. The number of methoxy groups -OCH3 is 1. The monoisotopic (exact) mass is 394 g/mol.